The lowest BCUT2D eigenvalue weighted by Gasteiger charge is -2.20. The summed E-state index contributed by atoms with van der Waals surface area (Å²) in [6, 6.07) is 0. The summed E-state index contributed by atoms with van der Waals surface area (Å²) >= 11 is 0. The quantitative estimate of drug-likeness (QED) is 0.636. The average Bonchev–Trinajstić information content (AvgIpc) is 2.15. The van der Waals surface area contributed by atoms with Gasteiger partial charge in [0, 0.05) is 0 Å². The molecular formula is C8H16F3O5P2+. The zero-order chi connectivity index (χ0) is 14.4. The minimum Gasteiger partial charge on any atom is -0.305 e. The van der Waals surface area contributed by atoms with E-state index < -0.39 is 27.2 Å². The molecule has 0 radical (unpaired) electrons. The van der Waals surface area contributed by atoms with Crippen LogP contribution in [0.1, 0.15) is 20.8 Å². The maximum Gasteiger partial charge on any atom is 0.534 e. The van der Waals surface area contributed by atoms with Gasteiger partial charge in [0.2, 0.25) is 0 Å². The van der Waals surface area contributed by atoms with Gasteiger partial charge >= 0.3 is 27.2 Å². The number of hydrogen-bond donors (Lipinski definition) is 0. The summed E-state index contributed by atoms with van der Waals surface area (Å²) in [5.74, 6) is 0. The molecule has 5 nitrogen and oxygen atoms in total. The fourth-order valence-corrected chi connectivity index (χ4v) is 4.74. The van der Waals surface area contributed by atoms with E-state index in [1.54, 1.807) is 0 Å². The van der Waals surface area contributed by atoms with Crippen molar-refractivity contribution in [3.63, 3.8) is 0 Å². The Morgan fingerprint density at radius 3 is 1.83 bits per heavy atom. The van der Waals surface area contributed by atoms with Crippen LogP contribution in [0.4, 0.5) is 13.2 Å². The maximum absolute atomic E-state index is 12.8. The van der Waals surface area contributed by atoms with Crippen LogP contribution in [0.5, 0.6) is 0 Å². The average molecular weight is 311 g/mol. The molecule has 0 saturated carbocycles. The summed E-state index contributed by atoms with van der Waals surface area (Å²) < 4.78 is 75.6. The van der Waals surface area contributed by atoms with Crippen LogP contribution in [-0.2, 0) is 22.7 Å². The van der Waals surface area contributed by atoms with E-state index in [1.165, 1.54) is 20.8 Å². The van der Waals surface area contributed by atoms with Crippen LogP contribution >= 0.6 is 15.6 Å². The van der Waals surface area contributed by atoms with Crippen molar-refractivity contribution in [3.05, 3.63) is 0 Å². The van der Waals surface area contributed by atoms with Crippen molar-refractivity contribution in [2.75, 3.05) is 19.8 Å². The molecule has 0 aliphatic heterocycles. The standard InChI is InChI=1S/C8H16F3O5P2/c1-4-14-17(12)7(8(9,10)11)18(13,15-5-2)16-6-3/h7H,4-6H2,1-3H3/q+1. The molecule has 2 atom stereocenters. The van der Waals surface area contributed by atoms with E-state index in [9.17, 15) is 22.3 Å². The van der Waals surface area contributed by atoms with E-state index in [1.807, 2.05) is 0 Å². The monoisotopic (exact) mass is 311 g/mol. The third-order valence-corrected chi connectivity index (χ3v) is 6.41. The van der Waals surface area contributed by atoms with Crippen LogP contribution in [0, 0.1) is 0 Å². The second-order valence-electron chi connectivity index (χ2n) is 2.99. The smallest absolute Gasteiger partial charge is 0.305 e. The second-order valence-corrected chi connectivity index (χ2v) is 6.86. The number of alkyl halides is 3. The molecule has 18 heavy (non-hydrogen) atoms. The van der Waals surface area contributed by atoms with Gasteiger partial charge in [0.1, 0.15) is 0 Å². The molecule has 0 bridgehead atoms. The zero-order valence-electron chi connectivity index (χ0n) is 10.3. The van der Waals surface area contributed by atoms with Crippen LogP contribution in [0.2, 0.25) is 0 Å². The lowest BCUT2D eigenvalue weighted by atomic mass is 10.8. The Balaban J connectivity index is 5.38. The highest BCUT2D eigenvalue weighted by Crippen LogP contribution is 2.66. The van der Waals surface area contributed by atoms with Gasteiger partial charge in [-0.05, 0) is 25.3 Å². The SMILES string of the molecule is CCO[P+](=O)C(C(F)(F)F)P(=O)(OCC)OCC. The Morgan fingerprint density at radius 1 is 1.11 bits per heavy atom. The van der Waals surface area contributed by atoms with Crippen molar-refractivity contribution in [1.29, 1.82) is 0 Å². The molecule has 0 saturated heterocycles. The lowest BCUT2D eigenvalue weighted by molar-refractivity contribution is -0.120. The van der Waals surface area contributed by atoms with Crippen LogP contribution in [0.3, 0.4) is 0 Å². The highest BCUT2D eigenvalue weighted by molar-refractivity contribution is 7.67. The Bertz CT molecular complexity index is 310. The highest BCUT2D eigenvalue weighted by Gasteiger charge is 2.67. The van der Waals surface area contributed by atoms with Gasteiger partial charge in [-0.25, -0.2) is 0 Å². The van der Waals surface area contributed by atoms with Gasteiger partial charge in [-0.1, -0.05) is 0 Å². The first-order chi connectivity index (χ1) is 8.22. The summed E-state index contributed by atoms with van der Waals surface area (Å²) in [4.78, 5) is 0. The minimum absolute atomic E-state index is 0.194. The molecule has 0 fully saturated rings. The molecule has 2 unspecified atom stereocenters. The Hall–Kier alpha value is -0.0000000000000000416. The summed E-state index contributed by atoms with van der Waals surface area (Å²) in [7, 11) is -7.80. The van der Waals surface area contributed by atoms with Crippen LogP contribution in [-0.4, -0.2) is 31.4 Å². The maximum atomic E-state index is 12.8. The molecule has 0 N–H and O–H groups in total. The first-order valence-electron chi connectivity index (χ1n) is 5.27. The first-order valence-corrected chi connectivity index (χ1v) is 8.13. The van der Waals surface area contributed by atoms with Crippen molar-refractivity contribution >= 4 is 15.6 Å². The number of halogens is 3. The Morgan fingerprint density at radius 2 is 1.56 bits per heavy atom. The Kier molecular flexibility index (Phi) is 7.56. The lowest BCUT2D eigenvalue weighted by Crippen LogP contribution is -2.28. The van der Waals surface area contributed by atoms with Crippen molar-refractivity contribution in [1.82, 2.24) is 0 Å². The van der Waals surface area contributed by atoms with Crippen molar-refractivity contribution in [2.24, 2.45) is 0 Å². The highest BCUT2D eigenvalue weighted by atomic mass is 31.2. The van der Waals surface area contributed by atoms with Gasteiger partial charge in [-0.15, -0.1) is 4.52 Å². The summed E-state index contributed by atoms with van der Waals surface area (Å²) in [6.45, 7) is 3.42. The Labute approximate surface area is 104 Å². The van der Waals surface area contributed by atoms with Gasteiger partial charge in [-0.2, -0.15) is 13.2 Å². The predicted molar refractivity (Wildman–Crippen MR) is 59.9 cm³/mol. The van der Waals surface area contributed by atoms with E-state index in [0.29, 0.717) is 0 Å². The molecule has 0 aliphatic rings. The van der Waals surface area contributed by atoms with Gasteiger partial charge in [0.05, 0.1) is 19.8 Å². The predicted octanol–water partition coefficient (Wildman–Crippen LogP) is 3.92. The molecule has 0 heterocycles. The summed E-state index contributed by atoms with van der Waals surface area (Å²) in [5, 5.41) is -2.76. The van der Waals surface area contributed by atoms with Crippen LogP contribution in [0.15, 0.2) is 0 Å². The molecule has 10 heteroatoms. The van der Waals surface area contributed by atoms with Crippen molar-refractivity contribution in [2.45, 2.75) is 32.3 Å². The first kappa shape index (κ1) is 18.0. The van der Waals surface area contributed by atoms with Gasteiger partial charge in [-0.3, -0.25) is 4.57 Å². The zero-order valence-corrected chi connectivity index (χ0v) is 12.1. The molecule has 108 valence electrons. The molecule has 0 aromatic rings. The summed E-state index contributed by atoms with van der Waals surface area (Å²) in [6.07, 6.45) is -5.00. The molecule has 0 aromatic heterocycles. The molecule has 0 rings (SSSR count). The van der Waals surface area contributed by atoms with Crippen LogP contribution in [0.25, 0.3) is 0 Å². The van der Waals surface area contributed by atoms with Gasteiger partial charge in [0.25, 0.3) is 0 Å². The molecule has 0 amide bonds. The van der Waals surface area contributed by atoms with E-state index in [4.69, 9.17) is 0 Å². The molecular weight excluding hydrogens is 295 g/mol. The number of rotatable bonds is 8. The number of hydrogen-bond acceptors (Lipinski definition) is 5. The molecule has 0 spiro atoms. The fourth-order valence-electron chi connectivity index (χ4n) is 1.15. The van der Waals surface area contributed by atoms with E-state index in [0.717, 1.165) is 0 Å². The largest absolute Gasteiger partial charge is 0.534 e. The topological polar surface area (TPSA) is 61.8 Å². The van der Waals surface area contributed by atoms with E-state index in [2.05, 4.69) is 13.6 Å². The normalized spacial score (nSPS) is 15.6. The van der Waals surface area contributed by atoms with E-state index >= 15 is 0 Å². The minimum atomic E-state index is -5.00. The van der Waals surface area contributed by atoms with Gasteiger partial charge < -0.3 is 9.05 Å². The van der Waals surface area contributed by atoms with E-state index in [-0.39, 0.29) is 19.8 Å². The van der Waals surface area contributed by atoms with Gasteiger partial charge in [0.15, 0.2) is 0 Å². The third kappa shape index (κ3) is 4.94. The molecule has 0 aromatic carbocycles. The van der Waals surface area contributed by atoms with Crippen molar-refractivity contribution < 1.29 is 35.9 Å². The fraction of sp³-hybridized carbons (Fsp3) is 1.00. The van der Waals surface area contributed by atoms with Crippen molar-refractivity contribution in [3.8, 4) is 0 Å². The third-order valence-electron chi connectivity index (χ3n) is 1.67. The summed E-state index contributed by atoms with van der Waals surface area (Å²) in [5.41, 5.74) is 0. The molecule has 0 aliphatic carbocycles. The van der Waals surface area contributed by atoms with Crippen LogP contribution < -0.4 is 0 Å². The second kappa shape index (κ2) is 7.56.